The second-order valence-corrected chi connectivity index (χ2v) is 11.1. The van der Waals surface area contributed by atoms with E-state index < -0.39 is 23.9 Å². The second-order valence-electron chi connectivity index (χ2n) is 11.1. The number of hydrogen-bond donors (Lipinski definition) is 0. The molecule has 8 rings (SSSR count). The Hall–Kier alpha value is -7.66. The summed E-state index contributed by atoms with van der Waals surface area (Å²) in [6.45, 7) is 0. The van der Waals surface area contributed by atoms with Gasteiger partial charge in [0.15, 0.2) is 0 Å². The van der Waals surface area contributed by atoms with Crippen molar-refractivity contribution in [2.75, 3.05) is 0 Å². The maximum atomic E-state index is 12.4. The topological polar surface area (TPSA) is 145 Å². The molecular weight excluding hydrogens is 680 g/mol. The number of carbonyl (C=O) groups is 4. The molecule has 0 saturated carbocycles. The normalized spacial score (nSPS) is 10.6. The zero-order valence-electron chi connectivity index (χ0n) is 27.5. The van der Waals surface area contributed by atoms with E-state index >= 15 is 0 Å². The number of esters is 4. The molecule has 0 aliphatic heterocycles. The van der Waals surface area contributed by atoms with E-state index in [-0.39, 0.29) is 34.5 Å². The lowest BCUT2D eigenvalue weighted by atomic mass is 10.1. The van der Waals surface area contributed by atoms with Gasteiger partial charge in [-0.1, -0.05) is 66.7 Å². The fourth-order valence-electron chi connectivity index (χ4n) is 5.25. The van der Waals surface area contributed by atoms with E-state index in [1.165, 1.54) is 37.0 Å². The van der Waals surface area contributed by atoms with Crippen LogP contribution in [0.4, 0.5) is 0 Å². The first kappa shape index (κ1) is 33.8. The Morgan fingerprint density at radius 3 is 1.00 bits per heavy atom. The van der Waals surface area contributed by atoms with Crippen molar-refractivity contribution in [3.63, 3.8) is 0 Å². The highest BCUT2D eigenvalue weighted by atomic mass is 16.6. The molecule has 8 aromatic rings. The van der Waals surface area contributed by atoms with Gasteiger partial charge in [0.05, 0.1) is 35.1 Å². The molecule has 260 valence electrons. The summed E-state index contributed by atoms with van der Waals surface area (Å²) in [6, 6.07) is 38.9. The summed E-state index contributed by atoms with van der Waals surface area (Å²) in [5.41, 5.74) is 0.430. The van der Waals surface area contributed by atoms with Crippen LogP contribution in [0.15, 0.2) is 172 Å². The first-order valence-electron chi connectivity index (χ1n) is 16.0. The van der Waals surface area contributed by atoms with Crippen molar-refractivity contribution in [3.8, 4) is 23.0 Å². The van der Waals surface area contributed by atoms with Crippen LogP contribution in [0, 0.1) is 0 Å². The summed E-state index contributed by atoms with van der Waals surface area (Å²) in [5.74, 6) is -1.06. The molecule has 3 heterocycles. The van der Waals surface area contributed by atoms with Gasteiger partial charge in [-0.3, -0.25) is 0 Å². The average Bonchev–Trinajstić information content (AvgIpc) is 4.01. The minimum absolute atomic E-state index is 0.0760. The van der Waals surface area contributed by atoms with E-state index in [1.54, 1.807) is 91.0 Å². The monoisotopic (exact) mass is 706 g/mol. The molecule has 0 radical (unpaired) electrons. The molecule has 0 saturated heterocycles. The van der Waals surface area contributed by atoms with E-state index in [9.17, 15) is 19.2 Å². The van der Waals surface area contributed by atoms with Crippen LogP contribution in [0.2, 0.25) is 0 Å². The van der Waals surface area contributed by atoms with Gasteiger partial charge in [-0.2, -0.15) is 0 Å². The standard InChI is InChI=1S/C22H14O5.C20H12O6/c23-21(16-7-2-1-3-8-16)26-17-11-4-9-15-10-5-12-18(20(15)17)27-22(24)19-13-6-14-25-19;21-19(16-9-3-11-23-16)25-14-7-1-5-13-6-2-8-15(18(13)14)26-20(22)17-10-4-12-24-17/h1-14H;1-12H. The summed E-state index contributed by atoms with van der Waals surface area (Å²) in [5, 5.41) is 2.55. The van der Waals surface area contributed by atoms with Gasteiger partial charge in [-0.25, -0.2) is 19.2 Å². The van der Waals surface area contributed by atoms with Crippen LogP contribution < -0.4 is 18.9 Å². The van der Waals surface area contributed by atoms with Crippen molar-refractivity contribution >= 4 is 45.4 Å². The molecule has 0 atom stereocenters. The minimum atomic E-state index is -0.644. The second kappa shape index (κ2) is 15.5. The maximum Gasteiger partial charge on any atom is 0.379 e. The fourth-order valence-corrected chi connectivity index (χ4v) is 5.25. The average molecular weight is 707 g/mol. The Bertz CT molecular complexity index is 2430. The molecule has 3 aromatic heterocycles. The number of furan rings is 3. The quantitative estimate of drug-likeness (QED) is 0.110. The van der Waals surface area contributed by atoms with Crippen LogP contribution in [-0.4, -0.2) is 23.9 Å². The molecule has 0 unspecified atom stereocenters. The Labute approximate surface area is 300 Å². The van der Waals surface area contributed by atoms with Gasteiger partial charge in [-0.15, -0.1) is 0 Å². The molecule has 0 aliphatic rings. The first-order valence-corrected chi connectivity index (χ1v) is 16.0. The largest absolute Gasteiger partial charge is 0.457 e. The van der Waals surface area contributed by atoms with Gasteiger partial charge in [0.25, 0.3) is 0 Å². The molecule has 0 bridgehead atoms. The van der Waals surface area contributed by atoms with Crippen LogP contribution in [0.3, 0.4) is 0 Å². The highest BCUT2D eigenvalue weighted by Gasteiger charge is 2.20. The van der Waals surface area contributed by atoms with E-state index in [0.29, 0.717) is 22.1 Å². The zero-order valence-corrected chi connectivity index (χ0v) is 27.5. The Morgan fingerprint density at radius 2 is 0.679 bits per heavy atom. The first-order chi connectivity index (χ1) is 25.9. The molecule has 0 spiro atoms. The molecule has 11 heteroatoms. The highest BCUT2D eigenvalue weighted by Crippen LogP contribution is 2.36. The molecule has 5 aromatic carbocycles. The third kappa shape index (κ3) is 7.74. The van der Waals surface area contributed by atoms with Crippen molar-refractivity contribution in [1.29, 1.82) is 0 Å². The van der Waals surface area contributed by atoms with Gasteiger partial charge in [0.1, 0.15) is 23.0 Å². The molecular formula is C42H26O11. The van der Waals surface area contributed by atoms with Gasteiger partial charge in [0.2, 0.25) is 17.3 Å². The van der Waals surface area contributed by atoms with Gasteiger partial charge in [-0.05, 0) is 83.6 Å². The molecule has 11 nitrogen and oxygen atoms in total. The molecule has 53 heavy (non-hydrogen) atoms. The smallest absolute Gasteiger partial charge is 0.379 e. The van der Waals surface area contributed by atoms with Crippen LogP contribution in [0.1, 0.15) is 42.0 Å². The molecule has 0 fully saturated rings. The van der Waals surface area contributed by atoms with E-state index in [4.69, 9.17) is 32.2 Å². The predicted octanol–water partition coefficient (Wildman–Crippen LogP) is 9.34. The van der Waals surface area contributed by atoms with Crippen LogP contribution in [-0.2, 0) is 0 Å². The number of rotatable bonds is 8. The van der Waals surface area contributed by atoms with Crippen molar-refractivity contribution in [2.45, 2.75) is 0 Å². The van der Waals surface area contributed by atoms with Gasteiger partial charge >= 0.3 is 23.9 Å². The number of fused-ring (bicyclic) bond motifs is 2. The van der Waals surface area contributed by atoms with Gasteiger partial charge < -0.3 is 32.2 Å². The summed E-state index contributed by atoms with van der Waals surface area (Å²) in [7, 11) is 0. The minimum Gasteiger partial charge on any atom is -0.457 e. The Balaban J connectivity index is 0.000000164. The van der Waals surface area contributed by atoms with E-state index in [2.05, 4.69) is 0 Å². The summed E-state index contributed by atoms with van der Waals surface area (Å²) >= 11 is 0. The zero-order chi connectivity index (χ0) is 36.6. The number of carbonyl (C=O) groups excluding carboxylic acids is 4. The molecule has 0 amide bonds. The van der Waals surface area contributed by atoms with Crippen molar-refractivity contribution in [1.82, 2.24) is 0 Å². The maximum absolute atomic E-state index is 12.4. The lowest BCUT2D eigenvalue weighted by molar-refractivity contribution is 0.0690. The predicted molar refractivity (Wildman–Crippen MR) is 190 cm³/mol. The van der Waals surface area contributed by atoms with E-state index in [1.807, 2.05) is 30.3 Å². The number of benzene rings is 5. The van der Waals surface area contributed by atoms with Gasteiger partial charge in [0, 0.05) is 0 Å². The Kier molecular flexibility index (Phi) is 9.88. The van der Waals surface area contributed by atoms with Crippen molar-refractivity contribution < 1.29 is 51.4 Å². The van der Waals surface area contributed by atoms with Crippen molar-refractivity contribution in [3.05, 3.63) is 181 Å². The highest BCUT2D eigenvalue weighted by molar-refractivity contribution is 6.01. The van der Waals surface area contributed by atoms with E-state index in [0.717, 1.165) is 10.8 Å². The molecule has 0 aliphatic carbocycles. The summed E-state index contributed by atoms with van der Waals surface area (Å²) < 4.78 is 37.1. The Morgan fingerprint density at radius 1 is 0.340 bits per heavy atom. The third-order valence-corrected chi connectivity index (χ3v) is 7.64. The van der Waals surface area contributed by atoms with Crippen molar-refractivity contribution in [2.24, 2.45) is 0 Å². The SMILES string of the molecule is O=C(Oc1cccc2cccc(OC(=O)c3ccco3)c12)c1ccccc1.O=C(Oc1cccc2cccc(OC(=O)c3ccco3)c12)c1ccco1. The van der Waals surface area contributed by atoms with Crippen LogP contribution in [0.5, 0.6) is 23.0 Å². The number of hydrogen-bond acceptors (Lipinski definition) is 11. The lowest BCUT2D eigenvalue weighted by Crippen LogP contribution is -2.10. The fraction of sp³-hybridized carbons (Fsp3) is 0. The third-order valence-electron chi connectivity index (χ3n) is 7.64. The van der Waals surface area contributed by atoms with Crippen LogP contribution in [0.25, 0.3) is 21.5 Å². The molecule has 0 N–H and O–H groups in total. The summed E-state index contributed by atoms with van der Waals surface area (Å²) in [4.78, 5) is 49.1. The van der Waals surface area contributed by atoms with Crippen LogP contribution >= 0.6 is 0 Å². The summed E-state index contributed by atoms with van der Waals surface area (Å²) in [6.07, 6.45) is 4.17. The number of ether oxygens (including phenoxy) is 4. The lowest BCUT2D eigenvalue weighted by Gasteiger charge is -2.11.